The van der Waals surface area contributed by atoms with Gasteiger partial charge in [-0.2, -0.15) is 0 Å². The maximum absolute atomic E-state index is 13.1. The second-order valence-electron chi connectivity index (χ2n) is 7.04. The van der Waals surface area contributed by atoms with E-state index in [0.29, 0.717) is 17.4 Å². The fourth-order valence-electron chi connectivity index (χ4n) is 3.52. The predicted molar refractivity (Wildman–Crippen MR) is 111 cm³/mol. The van der Waals surface area contributed by atoms with E-state index in [0.717, 1.165) is 36.2 Å². The van der Waals surface area contributed by atoms with E-state index in [4.69, 9.17) is 16.3 Å². The molecule has 142 valence electrons. The van der Waals surface area contributed by atoms with Gasteiger partial charge in [0.1, 0.15) is 12.4 Å². The number of ether oxygens (including phenoxy) is 1. The molecular formula is C23H21ClN2O2. The molecule has 0 radical (unpaired) electrons. The number of pyridine rings is 1. The first kappa shape index (κ1) is 18.5. The van der Waals surface area contributed by atoms with E-state index in [1.807, 2.05) is 66.7 Å². The summed E-state index contributed by atoms with van der Waals surface area (Å²) in [5, 5.41) is 3.72. The molecule has 1 aromatic heterocycles. The molecule has 0 bridgehead atoms. The summed E-state index contributed by atoms with van der Waals surface area (Å²) in [6, 6.07) is 20.8. The zero-order valence-corrected chi connectivity index (χ0v) is 16.2. The number of benzene rings is 2. The van der Waals surface area contributed by atoms with Crippen molar-refractivity contribution in [3.8, 4) is 5.75 Å². The molecule has 0 atom stereocenters. The number of nitrogens with zero attached hydrogens (tertiary/aromatic N) is 1. The van der Waals surface area contributed by atoms with Crippen molar-refractivity contribution < 1.29 is 9.53 Å². The van der Waals surface area contributed by atoms with Crippen molar-refractivity contribution in [3.05, 3.63) is 89.2 Å². The number of rotatable bonds is 6. The normalized spacial score (nSPS) is 14.8. The van der Waals surface area contributed by atoms with E-state index in [1.165, 1.54) is 0 Å². The van der Waals surface area contributed by atoms with Gasteiger partial charge in [-0.3, -0.25) is 9.78 Å². The highest BCUT2D eigenvalue weighted by molar-refractivity contribution is 6.30. The van der Waals surface area contributed by atoms with Gasteiger partial charge >= 0.3 is 0 Å². The summed E-state index contributed by atoms with van der Waals surface area (Å²) in [6.45, 7) is 0.380. The summed E-state index contributed by atoms with van der Waals surface area (Å²) in [4.78, 5) is 17.4. The van der Waals surface area contributed by atoms with Crippen molar-refractivity contribution in [1.29, 1.82) is 0 Å². The van der Waals surface area contributed by atoms with Gasteiger partial charge in [-0.05, 0) is 54.8 Å². The zero-order chi connectivity index (χ0) is 19.4. The first-order valence-electron chi connectivity index (χ1n) is 9.36. The second kappa shape index (κ2) is 8.03. The van der Waals surface area contributed by atoms with Gasteiger partial charge in [0.15, 0.2) is 0 Å². The molecule has 1 N–H and O–H groups in total. The van der Waals surface area contributed by atoms with E-state index >= 15 is 0 Å². The third kappa shape index (κ3) is 3.87. The summed E-state index contributed by atoms with van der Waals surface area (Å²) in [6.07, 6.45) is 4.43. The Balaban J connectivity index is 1.47. The molecule has 1 fully saturated rings. The summed E-state index contributed by atoms with van der Waals surface area (Å²) < 4.78 is 5.81. The van der Waals surface area contributed by atoms with Crippen molar-refractivity contribution in [2.75, 3.05) is 5.32 Å². The minimum Gasteiger partial charge on any atom is -0.487 e. The zero-order valence-electron chi connectivity index (χ0n) is 15.4. The van der Waals surface area contributed by atoms with Gasteiger partial charge in [-0.15, -0.1) is 0 Å². The number of nitrogens with one attached hydrogen (secondary N) is 1. The molecule has 0 saturated heterocycles. The average Bonchev–Trinajstić information content (AvgIpc) is 2.67. The molecule has 3 aromatic rings. The van der Waals surface area contributed by atoms with Crippen molar-refractivity contribution >= 4 is 23.2 Å². The molecular weight excluding hydrogens is 372 g/mol. The molecule has 0 aliphatic heterocycles. The number of carbonyl (C=O) groups is 1. The average molecular weight is 393 g/mol. The van der Waals surface area contributed by atoms with E-state index in [1.54, 1.807) is 6.20 Å². The summed E-state index contributed by atoms with van der Waals surface area (Å²) in [7, 11) is 0. The lowest BCUT2D eigenvalue weighted by molar-refractivity contribution is -0.124. The quantitative estimate of drug-likeness (QED) is 0.613. The van der Waals surface area contributed by atoms with Crippen molar-refractivity contribution in [2.45, 2.75) is 31.3 Å². The van der Waals surface area contributed by atoms with Crippen molar-refractivity contribution in [3.63, 3.8) is 0 Å². The lowest BCUT2D eigenvalue weighted by atomic mass is 9.64. The van der Waals surface area contributed by atoms with Crippen LogP contribution in [0.15, 0.2) is 72.9 Å². The molecule has 5 heteroatoms. The third-order valence-corrected chi connectivity index (χ3v) is 5.46. The summed E-state index contributed by atoms with van der Waals surface area (Å²) >= 11 is 6.15. The fraction of sp³-hybridized carbons (Fsp3) is 0.217. The molecule has 1 amide bonds. The molecule has 0 spiro atoms. The van der Waals surface area contributed by atoms with Crippen LogP contribution < -0.4 is 10.1 Å². The van der Waals surface area contributed by atoms with E-state index in [9.17, 15) is 4.79 Å². The molecule has 28 heavy (non-hydrogen) atoms. The molecule has 1 saturated carbocycles. The van der Waals surface area contributed by atoms with Gasteiger partial charge < -0.3 is 10.1 Å². The van der Waals surface area contributed by atoms with Crippen LogP contribution in [0.4, 0.5) is 5.69 Å². The molecule has 1 aliphatic carbocycles. The van der Waals surface area contributed by atoms with Gasteiger partial charge in [0, 0.05) is 23.0 Å². The molecule has 0 unspecified atom stereocenters. The lowest BCUT2D eigenvalue weighted by Gasteiger charge is -2.40. The van der Waals surface area contributed by atoms with Crippen LogP contribution in [0.25, 0.3) is 0 Å². The van der Waals surface area contributed by atoms with Crippen molar-refractivity contribution in [1.82, 2.24) is 4.98 Å². The van der Waals surface area contributed by atoms with Crippen LogP contribution in [0.5, 0.6) is 5.75 Å². The van der Waals surface area contributed by atoms with E-state index < -0.39 is 5.41 Å². The Morgan fingerprint density at radius 1 is 1.07 bits per heavy atom. The molecule has 1 heterocycles. The summed E-state index contributed by atoms with van der Waals surface area (Å²) in [5.74, 6) is 0.691. The standard InChI is InChI=1S/C23H21ClN2O2/c24-18-7-3-6-17(14-18)23(11-5-12-23)22(27)26-19-9-4-10-21(15-19)28-16-20-8-1-2-13-25-20/h1-4,6-10,13-15H,5,11-12,16H2,(H,26,27). The molecule has 4 nitrogen and oxygen atoms in total. The SMILES string of the molecule is O=C(Nc1cccc(OCc2ccccn2)c1)C1(c2cccc(Cl)c2)CCC1. The van der Waals surface area contributed by atoms with Gasteiger partial charge in [-0.25, -0.2) is 0 Å². The van der Waals surface area contributed by atoms with E-state index in [2.05, 4.69) is 10.3 Å². The van der Waals surface area contributed by atoms with Crippen LogP contribution in [0.1, 0.15) is 30.5 Å². The molecule has 1 aliphatic rings. The Labute approximate surface area is 169 Å². The Morgan fingerprint density at radius 2 is 1.93 bits per heavy atom. The Hall–Kier alpha value is -2.85. The molecule has 2 aromatic carbocycles. The van der Waals surface area contributed by atoms with Gasteiger partial charge in [-0.1, -0.05) is 42.3 Å². The van der Waals surface area contributed by atoms with Crippen molar-refractivity contribution in [2.24, 2.45) is 0 Å². The smallest absolute Gasteiger partial charge is 0.235 e. The van der Waals surface area contributed by atoms with Crippen LogP contribution in [-0.2, 0) is 16.8 Å². The van der Waals surface area contributed by atoms with Gasteiger partial charge in [0.05, 0.1) is 11.1 Å². The number of hydrogen-bond donors (Lipinski definition) is 1. The Kier molecular flexibility index (Phi) is 5.31. The van der Waals surface area contributed by atoms with Gasteiger partial charge in [0.25, 0.3) is 0 Å². The van der Waals surface area contributed by atoms with E-state index in [-0.39, 0.29) is 5.91 Å². The highest BCUT2D eigenvalue weighted by atomic mass is 35.5. The third-order valence-electron chi connectivity index (χ3n) is 5.22. The van der Waals surface area contributed by atoms with Crippen LogP contribution in [0.3, 0.4) is 0 Å². The number of carbonyl (C=O) groups excluding carboxylic acids is 1. The minimum atomic E-state index is -0.504. The Morgan fingerprint density at radius 3 is 2.64 bits per heavy atom. The Bertz CT molecular complexity index is 971. The van der Waals surface area contributed by atoms with Crippen LogP contribution in [0.2, 0.25) is 5.02 Å². The second-order valence-corrected chi connectivity index (χ2v) is 7.47. The van der Waals surface area contributed by atoms with Gasteiger partial charge in [0.2, 0.25) is 5.91 Å². The monoisotopic (exact) mass is 392 g/mol. The highest BCUT2D eigenvalue weighted by Gasteiger charge is 2.45. The number of amides is 1. The maximum atomic E-state index is 13.1. The number of anilines is 1. The number of halogens is 1. The lowest BCUT2D eigenvalue weighted by Crippen LogP contribution is -2.46. The topological polar surface area (TPSA) is 51.2 Å². The largest absolute Gasteiger partial charge is 0.487 e. The highest BCUT2D eigenvalue weighted by Crippen LogP contribution is 2.45. The minimum absolute atomic E-state index is 0.00268. The number of aromatic nitrogens is 1. The van der Waals surface area contributed by atoms with Crippen LogP contribution in [-0.4, -0.2) is 10.9 Å². The van der Waals surface area contributed by atoms with Crippen LogP contribution >= 0.6 is 11.6 Å². The predicted octanol–water partition coefficient (Wildman–Crippen LogP) is 5.37. The first-order chi connectivity index (χ1) is 13.7. The maximum Gasteiger partial charge on any atom is 0.235 e. The van der Waals surface area contributed by atoms with Crippen LogP contribution in [0, 0.1) is 0 Å². The molecule has 4 rings (SSSR count). The summed E-state index contributed by atoms with van der Waals surface area (Å²) in [5.41, 5.74) is 2.05. The first-order valence-corrected chi connectivity index (χ1v) is 9.74. The number of hydrogen-bond acceptors (Lipinski definition) is 3. The fourth-order valence-corrected chi connectivity index (χ4v) is 3.71.